The molecule has 0 aliphatic heterocycles. The molecular formula is C22H17NO6. The van der Waals surface area contributed by atoms with Crippen molar-refractivity contribution in [2.45, 2.75) is 13.5 Å². The fourth-order valence-corrected chi connectivity index (χ4v) is 2.87. The molecule has 2 heterocycles. The summed E-state index contributed by atoms with van der Waals surface area (Å²) in [5.41, 5.74) is 1.70. The number of rotatable bonds is 5. The van der Waals surface area contributed by atoms with Gasteiger partial charge in [0, 0.05) is 17.0 Å². The van der Waals surface area contributed by atoms with Crippen LogP contribution >= 0.6 is 0 Å². The van der Waals surface area contributed by atoms with Crippen molar-refractivity contribution in [3.05, 3.63) is 81.8 Å². The minimum absolute atomic E-state index is 0.135. The van der Waals surface area contributed by atoms with Gasteiger partial charge in [0.25, 0.3) is 0 Å². The van der Waals surface area contributed by atoms with Crippen molar-refractivity contribution in [2.24, 2.45) is 0 Å². The summed E-state index contributed by atoms with van der Waals surface area (Å²) < 4.78 is 20.9. The predicted molar refractivity (Wildman–Crippen MR) is 105 cm³/mol. The molecule has 146 valence electrons. The number of carbonyl (C=O) groups is 1. The number of fused-ring (bicyclic) bond motifs is 1. The maximum Gasteiger partial charge on any atom is 0.351 e. The third-order valence-electron chi connectivity index (χ3n) is 4.41. The molecule has 0 bridgehead atoms. The second kappa shape index (κ2) is 7.63. The van der Waals surface area contributed by atoms with Crippen LogP contribution in [-0.4, -0.2) is 18.2 Å². The van der Waals surface area contributed by atoms with E-state index in [4.69, 9.17) is 18.4 Å². The van der Waals surface area contributed by atoms with Crippen molar-refractivity contribution in [3.63, 3.8) is 0 Å². The van der Waals surface area contributed by atoms with Crippen LogP contribution in [0.25, 0.3) is 22.3 Å². The van der Waals surface area contributed by atoms with Gasteiger partial charge in [-0.05, 0) is 19.1 Å². The average Bonchev–Trinajstić information content (AvgIpc) is 3.20. The summed E-state index contributed by atoms with van der Waals surface area (Å²) >= 11 is 0. The second-order valence-corrected chi connectivity index (χ2v) is 6.45. The predicted octanol–water partition coefficient (Wildman–Crippen LogP) is 4.12. The quantitative estimate of drug-likeness (QED) is 0.373. The van der Waals surface area contributed by atoms with Crippen molar-refractivity contribution < 1.29 is 23.2 Å². The molecular weight excluding hydrogens is 374 g/mol. The molecule has 29 heavy (non-hydrogen) atoms. The lowest BCUT2D eigenvalue weighted by atomic mass is 10.1. The highest BCUT2D eigenvalue weighted by atomic mass is 16.5. The van der Waals surface area contributed by atoms with Crippen molar-refractivity contribution >= 4 is 16.9 Å². The number of carbonyl (C=O) groups excluding carboxylic acids is 1. The Morgan fingerprint density at radius 1 is 1.10 bits per heavy atom. The minimum Gasteiger partial charge on any atom is -0.493 e. The topological polar surface area (TPSA) is 91.8 Å². The number of aromatic nitrogens is 1. The lowest BCUT2D eigenvalue weighted by molar-refractivity contribution is 0.0459. The molecule has 0 spiro atoms. The van der Waals surface area contributed by atoms with Gasteiger partial charge < -0.3 is 18.4 Å². The fraction of sp³-hybridized carbons (Fsp3) is 0.136. The zero-order valence-electron chi connectivity index (χ0n) is 15.8. The van der Waals surface area contributed by atoms with Crippen molar-refractivity contribution in [2.75, 3.05) is 7.11 Å². The molecule has 0 aliphatic rings. The SMILES string of the molecule is COc1cccc2cc(C(=O)OCc3cc(-c4ccc(C)cc4)on3)c(=O)oc12. The fourth-order valence-electron chi connectivity index (χ4n) is 2.87. The van der Waals surface area contributed by atoms with Gasteiger partial charge in [-0.1, -0.05) is 47.1 Å². The zero-order valence-corrected chi connectivity index (χ0v) is 15.8. The molecule has 0 atom stereocenters. The Bertz CT molecular complexity index is 1240. The van der Waals surface area contributed by atoms with Crippen LogP contribution < -0.4 is 10.4 Å². The van der Waals surface area contributed by atoms with E-state index in [2.05, 4.69) is 5.16 Å². The van der Waals surface area contributed by atoms with Gasteiger partial charge in [-0.15, -0.1) is 0 Å². The third kappa shape index (κ3) is 3.75. The molecule has 0 saturated heterocycles. The number of aryl methyl sites for hydroxylation is 1. The maximum atomic E-state index is 12.4. The maximum absolute atomic E-state index is 12.4. The third-order valence-corrected chi connectivity index (χ3v) is 4.41. The Kier molecular flexibility index (Phi) is 4.87. The Labute approximate surface area is 165 Å². The average molecular weight is 391 g/mol. The first-order valence-corrected chi connectivity index (χ1v) is 8.86. The van der Waals surface area contributed by atoms with E-state index in [1.54, 1.807) is 24.3 Å². The summed E-state index contributed by atoms with van der Waals surface area (Å²) in [6, 6.07) is 16.0. The van der Waals surface area contributed by atoms with E-state index in [0.717, 1.165) is 11.1 Å². The number of methoxy groups -OCH3 is 1. The molecule has 0 saturated carbocycles. The van der Waals surface area contributed by atoms with Crippen LogP contribution in [0.4, 0.5) is 0 Å². The molecule has 4 aromatic rings. The van der Waals surface area contributed by atoms with Crippen molar-refractivity contribution in [1.29, 1.82) is 0 Å². The van der Waals surface area contributed by atoms with Gasteiger partial charge in [-0.3, -0.25) is 0 Å². The minimum atomic E-state index is -0.802. The molecule has 0 N–H and O–H groups in total. The number of esters is 1. The van der Waals surface area contributed by atoms with Gasteiger partial charge in [0.15, 0.2) is 17.1 Å². The summed E-state index contributed by atoms with van der Waals surface area (Å²) in [5, 5.41) is 4.46. The smallest absolute Gasteiger partial charge is 0.351 e. The largest absolute Gasteiger partial charge is 0.493 e. The number of benzene rings is 2. The highest BCUT2D eigenvalue weighted by Gasteiger charge is 2.18. The van der Waals surface area contributed by atoms with Crippen LogP contribution in [0.1, 0.15) is 21.6 Å². The molecule has 4 rings (SSSR count). The highest BCUT2D eigenvalue weighted by Crippen LogP contribution is 2.25. The standard InChI is InChI=1S/C22H17NO6/c1-13-6-8-14(9-7-13)19-11-16(23-29-19)12-27-21(24)17-10-15-4-3-5-18(26-2)20(15)28-22(17)25/h3-11H,12H2,1-2H3. The van der Waals surface area contributed by atoms with Crippen LogP contribution in [0.3, 0.4) is 0 Å². The van der Waals surface area contributed by atoms with Crippen molar-refractivity contribution in [1.82, 2.24) is 5.16 Å². The Morgan fingerprint density at radius 3 is 2.66 bits per heavy atom. The Morgan fingerprint density at radius 2 is 1.90 bits per heavy atom. The summed E-state index contributed by atoms with van der Waals surface area (Å²) in [4.78, 5) is 24.6. The normalized spacial score (nSPS) is 10.8. The lowest BCUT2D eigenvalue weighted by Gasteiger charge is -2.05. The molecule has 7 nitrogen and oxygen atoms in total. The Balaban J connectivity index is 1.51. The first-order valence-electron chi connectivity index (χ1n) is 8.86. The van der Waals surface area contributed by atoms with E-state index < -0.39 is 11.6 Å². The molecule has 0 unspecified atom stereocenters. The van der Waals surface area contributed by atoms with E-state index in [1.165, 1.54) is 13.2 Å². The Hall–Kier alpha value is -3.87. The first kappa shape index (κ1) is 18.5. The molecule has 0 radical (unpaired) electrons. The number of para-hydroxylation sites is 1. The van der Waals surface area contributed by atoms with Gasteiger partial charge in [0.05, 0.1) is 7.11 Å². The van der Waals surface area contributed by atoms with E-state index in [1.807, 2.05) is 31.2 Å². The molecule has 2 aromatic heterocycles. The van der Waals surface area contributed by atoms with E-state index in [9.17, 15) is 9.59 Å². The molecule has 7 heteroatoms. The summed E-state index contributed by atoms with van der Waals surface area (Å²) in [6.45, 7) is 1.86. The van der Waals surface area contributed by atoms with Gasteiger partial charge in [0.2, 0.25) is 0 Å². The van der Waals surface area contributed by atoms with Crippen LogP contribution in [0.2, 0.25) is 0 Å². The number of nitrogens with zero attached hydrogens (tertiary/aromatic N) is 1. The summed E-state index contributed by atoms with van der Waals surface area (Å²) in [7, 11) is 1.47. The molecule has 0 aliphatic carbocycles. The van der Waals surface area contributed by atoms with Crippen LogP contribution in [-0.2, 0) is 11.3 Å². The summed E-state index contributed by atoms with van der Waals surface area (Å²) in [6.07, 6.45) is 0. The van der Waals surface area contributed by atoms with Gasteiger partial charge >= 0.3 is 11.6 Å². The van der Waals surface area contributed by atoms with Crippen LogP contribution in [0.5, 0.6) is 5.75 Å². The molecule has 2 aromatic carbocycles. The number of hydrogen-bond donors (Lipinski definition) is 0. The van der Waals surface area contributed by atoms with Crippen LogP contribution in [0.15, 0.2) is 68.3 Å². The zero-order chi connectivity index (χ0) is 20.4. The summed E-state index contributed by atoms with van der Waals surface area (Å²) in [5.74, 6) is 0.169. The monoisotopic (exact) mass is 391 g/mol. The van der Waals surface area contributed by atoms with E-state index in [0.29, 0.717) is 22.6 Å². The number of ether oxygens (including phenoxy) is 2. The van der Waals surface area contributed by atoms with Gasteiger partial charge in [0.1, 0.15) is 17.9 Å². The second-order valence-electron chi connectivity index (χ2n) is 6.45. The van der Waals surface area contributed by atoms with E-state index >= 15 is 0 Å². The van der Waals surface area contributed by atoms with E-state index in [-0.39, 0.29) is 17.8 Å². The molecule has 0 amide bonds. The van der Waals surface area contributed by atoms with Gasteiger partial charge in [-0.25, -0.2) is 9.59 Å². The number of hydrogen-bond acceptors (Lipinski definition) is 7. The first-order chi connectivity index (χ1) is 14.0. The molecule has 0 fully saturated rings. The lowest BCUT2D eigenvalue weighted by Crippen LogP contribution is -2.16. The van der Waals surface area contributed by atoms with Crippen LogP contribution in [0, 0.1) is 6.92 Å². The van der Waals surface area contributed by atoms with Gasteiger partial charge in [-0.2, -0.15) is 0 Å². The van der Waals surface area contributed by atoms with Crippen molar-refractivity contribution in [3.8, 4) is 17.1 Å². The highest BCUT2D eigenvalue weighted by molar-refractivity contribution is 5.94.